The van der Waals surface area contributed by atoms with Crippen LogP contribution in [0, 0.1) is 13.8 Å². The molecule has 70 heavy (non-hydrogen) atoms. The van der Waals surface area contributed by atoms with Crippen molar-refractivity contribution in [2.45, 2.75) is 73.5 Å². The van der Waals surface area contributed by atoms with Crippen LogP contribution in [-0.2, 0) is 14.1 Å². The number of nitrogens with one attached hydrogen (secondary N) is 4. The van der Waals surface area contributed by atoms with Crippen LogP contribution < -0.4 is 31.1 Å². The molecular weight excluding hydrogens is 887 g/mol. The van der Waals surface area contributed by atoms with Crippen LogP contribution in [0.1, 0.15) is 73.6 Å². The first kappa shape index (κ1) is 48.9. The number of carbonyl (C=O) groups excluding carboxylic acids is 2. The van der Waals surface area contributed by atoms with Crippen molar-refractivity contribution >= 4 is 67.1 Å². The topological polar surface area (TPSA) is 229 Å². The Bertz CT molecular complexity index is 3270. The van der Waals surface area contributed by atoms with E-state index in [0.717, 1.165) is 60.5 Å². The van der Waals surface area contributed by atoms with E-state index >= 15 is 0 Å². The van der Waals surface area contributed by atoms with E-state index in [2.05, 4.69) is 77.0 Å². The Morgan fingerprint density at radius 3 is 1.83 bits per heavy atom. The average Bonchev–Trinajstić information content (AvgIpc) is 3.94. The van der Waals surface area contributed by atoms with Gasteiger partial charge in [0.2, 0.25) is 0 Å². The van der Waals surface area contributed by atoms with Crippen LogP contribution in [0.15, 0.2) is 54.9 Å². The van der Waals surface area contributed by atoms with Gasteiger partial charge >= 0.3 is 0 Å². The summed E-state index contributed by atoms with van der Waals surface area (Å²) in [7, 11) is 5.23. The second-order valence-corrected chi connectivity index (χ2v) is 17.9. The molecule has 19 heteroatoms. The molecule has 0 spiro atoms. The Labute approximate surface area is 406 Å². The van der Waals surface area contributed by atoms with Crippen LogP contribution in [0.5, 0.6) is 11.5 Å². The third-order valence-electron chi connectivity index (χ3n) is 12.5. The average molecular weight is 950 g/mol. The molecule has 6 N–H and O–H groups in total. The van der Waals surface area contributed by atoms with Crippen LogP contribution in [0.3, 0.4) is 0 Å². The number of anilines is 2. The standard InChI is InChI=1S/C25H29N7O2.C24H28N8O2.C2H6/c1-5-26-25(34)22-18-11-17(32-9-8-27-14(2)12-32)6-7-20(18)28-24(29-22)19-10-16-13-31(4)30-21(16)15(3)23(19)33;1-12-9-32(10-13(2)26-12)18-7-6-17-20(28-18)21(24(34)25-4)29-23(27-17)16-8-15-11-31(5)30-19(15)14(3)22(16)33;1-2/h6-7,10-11,13-14,27,33H,5,8-9,12H2,1-4H3,(H,26,34);6-8,11-13,26,33H,9-10H2,1-5H3,(H,25,34);1-2H3/t14-;;/m0../s1. The number of aryl methyl sites for hydroxylation is 4. The molecule has 2 unspecified atom stereocenters. The predicted octanol–water partition coefficient (Wildman–Crippen LogP) is 5.91. The smallest absolute Gasteiger partial charge is 0.272 e. The number of pyridine rings is 1. The quantitative estimate of drug-likeness (QED) is 0.109. The molecule has 0 saturated carbocycles. The molecule has 2 aliphatic heterocycles. The minimum atomic E-state index is -0.362. The Hall–Kier alpha value is -7.51. The monoisotopic (exact) mass is 950 g/mol. The molecule has 8 aromatic rings. The molecule has 366 valence electrons. The van der Waals surface area contributed by atoms with Crippen molar-refractivity contribution in [1.29, 1.82) is 0 Å². The number of rotatable bonds is 7. The van der Waals surface area contributed by atoms with E-state index in [9.17, 15) is 19.8 Å². The number of aromatic hydroxyl groups is 2. The van der Waals surface area contributed by atoms with E-state index in [1.807, 2.05) is 90.6 Å². The fraction of sp³-hybridized carbons (Fsp3) is 0.392. The highest BCUT2D eigenvalue weighted by atomic mass is 16.3. The minimum absolute atomic E-state index is 0.0433. The largest absolute Gasteiger partial charge is 0.507 e. The van der Waals surface area contributed by atoms with E-state index in [4.69, 9.17) is 9.97 Å². The van der Waals surface area contributed by atoms with Gasteiger partial charge in [0, 0.05) is 124 Å². The number of carbonyl (C=O) groups is 2. The third-order valence-corrected chi connectivity index (χ3v) is 12.5. The van der Waals surface area contributed by atoms with Gasteiger partial charge in [-0.15, -0.1) is 0 Å². The molecule has 2 aliphatic rings. The summed E-state index contributed by atoms with van der Waals surface area (Å²) in [5.41, 5.74) is 6.77. The lowest BCUT2D eigenvalue weighted by molar-refractivity contribution is 0.0947. The van der Waals surface area contributed by atoms with Gasteiger partial charge in [0.25, 0.3) is 11.8 Å². The molecular formula is C51H63N15O4. The maximum Gasteiger partial charge on any atom is 0.272 e. The van der Waals surface area contributed by atoms with Crippen LogP contribution in [0.2, 0.25) is 0 Å². The number of phenols is 2. The highest BCUT2D eigenvalue weighted by molar-refractivity contribution is 6.06. The molecule has 19 nitrogen and oxygen atoms in total. The van der Waals surface area contributed by atoms with Crippen LogP contribution in [0.4, 0.5) is 11.5 Å². The highest BCUT2D eigenvalue weighted by Gasteiger charge is 2.26. The number of amides is 2. The van der Waals surface area contributed by atoms with Gasteiger partial charge in [0.15, 0.2) is 17.3 Å². The zero-order valence-electron chi connectivity index (χ0n) is 41.8. The number of nitrogens with zero attached hydrogens (tertiary/aromatic N) is 11. The number of piperazine rings is 2. The van der Waals surface area contributed by atoms with Crippen molar-refractivity contribution in [3.8, 4) is 34.3 Å². The van der Waals surface area contributed by atoms with Crippen LogP contribution in [0.25, 0.3) is 66.5 Å². The van der Waals surface area contributed by atoms with Crippen molar-refractivity contribution in [2.24, 2.45) is 14.1 Å². The van der Waals surface area contributed by atoms with E-state index in [1.54, 1.807) is 29.4 Å². The van der Waals surface area contributed by atoms with Crippen LogP contribution in [-0.4, -0.2) is 131 Å². The summed E-state index contributed by atoms with van der Waals surface area (Å²) < 4.78 is 3.40. The van der Waals surface area contributed by atoms with Gasteiger partial charge in [0.1, 0.15) is 28.5 Å². The lowest BCUT2D eigenvalue weighted by Gasteiger charge is -2.37. The second kappa shape index (κ2) is 20.2. The first-order chi connectivity index (χ1) is 33.6. The molecule has 10 rings (SSSR count). The fourth-order valence-corrected chi connectivity index (χ4v) is 9.33. The number of hydrogen-bond donors (Lipinski definition) is 6. The normalized spacial score (nSPS) is 17.0. The van der Waals surface area contributed by atoms with Crippen molar-refractivity contribution < 1.29 is 19.8 Å². The maximum atomic E-state index is 13.0. The summed E-state index contributed by atoms with van der Waals surface area (Å²) in [5, 5.41) is 45.6. The molecule has 3 aromatic carbocycles. The van der Waals surface area contributed by atoms with Crippen molar-refractivity contribution in [3.63, 3.8) is 0 Å². The SMILES string of the molecule is CC.CCNC(=O)c1nc(-c2cc3cn(C)nc3c(C)c2O)nc2ccc(N3CCN[C@@H](C)C3)cc12.CNC(=O)c1nc(-c2cc3cn(C)nc3c(C)c2O)nc2ccc(N3CC(C)NC(C)C3)nc12. The van der Waals surface area contributed by atoms with Gasteiger partial charge in [-0.2, -0.15) is 10.2 Å². The molecule has 0 bridgehead atoms. The Morgan fingerprint density at radius 2 is 1.26 bits per heavy atom. The molecule has 0 aliphatic carbocycles. The Morgan fingerprint density at radius 1 is 0.700 bits per heavy atom. The van der Waals surface area contributed by atoms with Crippen LogP contribution >= 0.6 is 0 Å². The first-order valence-corrected chi connectivity index (χ1v) is 23.9. The number of hydrogen-bond acceptors (Lipinski definition) is 15. The van der Waals surface area contributed by atoms with Crippen molar-refractivity contribution in [2.75, 3.05) is 56.1 Å². The molecule has 5 aromatic heterocycles. The molecule has 2 fully saturated rings. The Balaban J connectivity index is 0.000000182. The summed E-state index contributed by atoms with van der Waals surface area (Å²) >= 11 is 0. The van der Waals surface area contributed by atoms with E-state index in [1.165, 1.54) is 0 Å². The molecule has 0 radical (unpaired) electrons. The van der Waals surface area contributed by atoms with Gasteiger partial charge in [-0.25, -0.2) is 24.9 Å². The second-order valence-electron chi connectivity index (χ2n) is 17.9. The van der Waals surface area contributed by atoms with Crippen molar-refractivity contribution in [3.05, 3.63) is 77.4 Å². The molecule has 7 heterocycles. The summed E-state index contributed by atoms with van der Waals surface area (Å²) in [6.45, 7) is 20.8. The number of phenolic OH excluding ortho intramolecular Hbond substituents is 2. The van der Waals surface area contributed by atoms with Crippen molar-refractivity contribution in [1.82, 2.24) is 65.7 Å². The Kier molecular flexibility index (Phi) is 14.1. The minimum Gasteiger partial charge on any atom is -0.507 e. The molecule has 2 saturated heterocycles. The van der Waals surface area contributed by atoms with Gasteiger partial charge < -0.3 is 41.3 Å². The highest BCUT2D eigenvalue weighted by Crippen LogP contribution is 2.38. The summed E-state index contributed by atoms with van der Waals surface area (Å²) in [4.78, 5) is 53.9. The summed E-state index contributed by atoms with van der Waals surface area (Å²) in [5.74, 6) is 0.838. The zero-order valence-corrected chi connectivity index (χ0v) is 41.8. The lowest BCUT2D eigenvalue weighted by Crippen LogP contribution is -2.54. The summed E-state index contributed by atoms with van der Waals surface area (Å²) in [6, 6.07) is 14.4. The van der Waals surface area contributed by atoms with E-state index < -0.39 is 0 Å². The zero-order chi connectivity index (χ0) is 50.1. The van der Waals surface area contributed by atoms with Gasteiger partial charge in [-0.3, -0.25) is 19.0 Å². The number of fused-ring (bicyclic) bond motifs is 4. The van der Waals surface area contributed by atoms with E-state index in [-0.39, 0.29) is 34.8 Å². The first-order valence-electron chi connectivity index (χ1n) is 23.9. The van der Waals surface area contributed by atoms with Gasteiger partial charge in [-0.1, -0.05) is 13.8 Å². The predicted molar refractivity (Wildman–Crippen MR) is 276 cm³/mol. The summed E-state index contributed by atoms with van der Waals surface area (Å²) in [6.07, 6.45) is 3.76. The maximum absolute atomic E-state index is 13.0. The molecule has 2 amide bonds. The van der Waals surface area contributed by atoms with Gasteiger partial charge in [-0.05, 0) is 84.0 Å². The number of benzene rings is 3. The lowest BCUT2D eigenvalue weighted by atomic mass is 10.0. The fourth-order valence-electron chi connectivity index (χ4n) is 9.33. The third kappa shape index (κ3) is 9.58. The number of aromatic nitrogens is 9. The molecule has 3 atom stereocenters. The van der Waals surface area contributed by atoms with Gasteiger partial charge in [0.05, 0.1) is 33.2 Å². The van der Waals surface area contributed by atoms with E-state index in [0.29, 0.717) is 85.9 Å².